The molecule has 0 saturated carbocycles. The van der Waals surface area contributed by atoms with Gasteiger partial charge in [0, 0.05) is 31.9 Å². The Kier molecular flexibility index (Phi) is 3.70. The Morgan fingerprint density at radius 3 is 2.86 bits per heavy atom. The number of aromatic nitrogens is 3. The van der Waals surface area contributed by atoms with Crippen molar-refractivity contribution in [2.45, 2.75) is 25.9 Å². The van der Waals surface area contributed by atoms with Gasteiger partial charge in [-0.05, 0) is 18.1 Å². The smallest absolute Gasteiger partial charge is 0.341 e. The molecule has 2 N–H and O–H groups in total. The lowest BCUT2D eigenvalue weighted by molar-refractivity contribution is 0.0655. The topological polar surface area (TPSA) is 85.1 Å². The molecule has 1 aromatic carbocycles. The maximum absolute atomic E-state index is 12.7. The summed E-state index contributed by atoms with van der Waals surface area (Å²) in [5.74, 6) is -0.194. The first-order valence-corrected chi connectivity index (χ1v) is 7.35. The monoisotopic (exact) mass is 301 g/mol. The molecule has 0 radical (unpaired) electrons. The number of fused-ring (bicyclic) bond motifs is 1. The molecular formula is C15H19N5O2. The summed E-state index contributed by atoms with van der Waals surface area (Å²) < 4.78 is 0. The molecule has 7 nitrogen and oxygen atoms in total. The Bertz CT molecular complexity index is 735. The van der Waals surface area contributed by atoms with Crippen molar-refractivity contribution in [3.05, 3.63) is 46.1 Å². The number of amides is 1. The summed E-state index contributed by atoms with van der Waals surface area (Å²) in [4.78, 5) is 30.3. The lowest BCUT2D eigenvalue weighted by Gasteiger charge is -2.29. The third-order valence-electron chi connectivity index (χ3n) is 4.10. The second-order valence-electron chi connectivity index (χ2n) is 5.53. The van der Waals surface area contributed by atoms with E-state index >= 15 is 0 Å². The fourth-order valence-corrected chi connectivity index (χ4v) is 2.94. The van der Waals surface area contributed by atoms with E-state index < -0.39 is 5.69 Å². The fourth-order valence-electron chi connectivity index (χ4n) is 2.94. The summed E-state index contributed by atoms with van der Waals surface area (Å²) in [6.45, 7) is 3.31. The van der Waals surface area contributed by atoms with Gasteiger partial charge in [-0.2, -0.15) is 0 Å². The molecule has 2 aromatic rings. The van der Waals surface area contributed by atoms with E-state index in [1.165, 1.54) is 0 Å². The number of rotatable bonds is 2. The minimum absolute atomic E-state index is 0.0603. The number of aromatic amines is 2. The van der Waals surface area contributed by atoms with E-state index in [0.717, 1.165) is 24.2 Å². The third kappa shape index (κ3) is 2.49. The van der Waals surface area contributed by atoms with Crippen LogP contribution in [-0.4, -0.2) is 45.6 Å². The lowest BCUT2D eigenvalue weighted by Crippen LogP contribution is -2.43. The molecule has 0 unspecified atom stereocenters. The molecule has 1 aliphatic heterocycles. The highest BCUT2D eigenvalue weighted by Gasteiger charge is 2.30. The molecule has 0 aliphatic carbocycles. The molecule has 0 saturated heterocycles. The molecular weight excluding hydrogens is 282 g/mol. The Morgan fingerprint density at radius 1 is 1.41 bits per heavy atom. The van der Waals surface area contributed by atoms with Gasteiger partial charge in [0.1, 0.15) is 0 Å². The van der Waals surface area contributed by atoms with Crippen LogP contribution in [0.3, 0.4) is 0 Å². The predicted molar refractivity (Wildman–Crippen MR) is 82.9 cm³/mol. The zero-order valence-corrected chi connectivity index (χ0v) is 12.7. The Hall–Kier alpha value is -2.57. The molecule has 0 fully saturated rings. The zero-order chi connectivity index (χ0) is 15.7. The lowest BCUT2D eigenvalue weighted by atomic mass is 10.1. The summed E-state index contributed by atoms with van der Waals surface area (Å²) in [5.41, 5.74) is 1.75. The predicted octanol–water partition coefficient (Wildman–Crippen LogP) is 0.969. The van der Waals surface area contributed by atoms with Crippen LogP contribution in [0, 0.1) is 0 Å². The molecule has 3 rings (SSSR count). The molecule has 1 atom stereocenters. The molecule has 7 heteroatoms. The van der Waals surface area contributed by atoms with Crippen LogP contribution in [0.4, 0.5) is 5.69 Å². The van der Waals surface area contributed by atoms with Crippen molar-refractivity contribution in [2.75, 3.05) is 18.5 Å². The Morgan fingerprint density at radius 2 is 2.18 bits per heavy atom. The third-order valence-corrected chi connectivity index (χ3v) is 4.10. The van der Waals surface area contributed by atoms with Crippen molar-refractivity contribution in [3.63, 3.8) is 0 Å². The fraction of sp³-hybridized carbons (Fsp3) is 0.400. The van der Waals surface area contributed by atoms with E-state index in [0.29, 0.717) is 6.54 Å². The van der Waals surface area contributed by atoms with E-state index in [9.17, 15) is 9.59 Å². The standard InChI is InChI=1S/C15H19N5O2/c1-3-11-9-19(2)12-7-5-4-6-10(12)8-20(11)14(21)13-16-15(22)18-17-13/h4-7,11H,3,8-9H2,1-2H3,(H2,16,17,18,22)/t11-/m1/s1. The molecule has 2 heterocycles. The quantitative estimate of drug-likeness (QED) is 0.865. The highest BCUT2D eigenvalue weighted by atomic mass is 16.2. The van der Waals surface area contributed by atoms with E-state index in [-0.39, 0.29) is 17.8 Å². The van der Waals surface area contributed by atoms with Crippen molar-refractivity contribution < 1.29 is 4.79 Å². The van der Waals surface area contributed by atoms with Crippen molar-refractivity contribution >= 4 is 11.6 Å². The van der Waals surface area contributed by atoms with Crippen LogP contribution in [0.1, 0.15) is 29.5 Å². The number of hydrogen-bond donors (Lipinski definition) is 2. The van der Waals surface area contributed by atoms with Gasteiger partial charge in [-0.1, -0.05) is 25.1 Å². The zero-order valence-electron chi connectivity index (χ0n) is 12.7. The molecule has 1 amide bonds. The summed E-state index contributed by atoms with van der Waals surface area (Å²) in [6.07, 6.45) is 0.832. The number of benzene rings is 1. The first kappa shape index (κ1) is 14.4. The van der Waals surface area contributed by atoms with E-state index in [2.05, 4.69) is 33.1 Å². The van der Waals surface area contributed by atoms with Gasteiger partial charge in [-0.25, -0.2) is 9.89 Å². The largest absolute Gasteiger partial charge is 0.372 e. The van der Waals surface area contributed by atoms with Gasteiger partial charge in [-0.3, -0.25) is 9.78 Å². The van der Waals surface area contributed by atoms with Gasteiger partial charge in [0.15, 0.2) is 0 Å². The van der Waals surface area contributed by atoms with E-state index in [1.807, 2.05) is 25.2 Å². The van der Waals surface area contributed by atoms with Crippen molar-refractivity contribution in [3.8, 4) is 0 Å². The Balaban J connectivity index is 1.98. The van der Waals surface area contributed by atoms with E-state index in [4.69, 9.17) is 0 Å². The average Bonchev–Trinajstić information content (AvgIpc) is 2.90. The SMILES string of the molecule is CC[C@@H]1CN(C)c2ccccc2CN1C(=O)c1n[nH]c(=O)[nH]1. The average molecular weight is 301 g/mol. The van der Waals surface area contributed by atoms with Gasteiger partial charge in [-0.15, -0.1) is 5.10 Å². The number of carbonyl (C=O) groups excluding carboxylic acids is 1. The van der Waals surface area contributed by atoms with Crippen LogP contribution in [0.2, 0.25) is 0 Å². The second-order valence-corrected chi connectivity index (χ2v) is 5.53. The van der Waals surface area contributed by atoms with Crippen LogP contribution < -0.4 is 10.6 Å². The number of likely N-dealkylation sites (N-methyl/N-ethyl adjacent to an activating group) is 1. The summed E-state index contributed by atoms with van der Waals surface area (Å²) >= 11 is 0. The first-order chi connectivity index (χ1) is 10.6. The van der Waals surface area contributed by atoms with Crippen LogP contribution >= 0.6 is 0 Å². The number of para-hydroxylation sites is 1. The maximum Gasteiger partial charge on any atom is 0.341 e. The van der Waals surface area contributed by atoms with Gasteiger partial charge in [0.2, 0.25) is 5.82 Å². The highest BCUT2D eigenvalue weighted by Crippen LogP contribution is 2.27. The number of carbonyl (C=O) groups is 1. The number of H-pyrrole nitrogens is 2. The van der Waals surface area contributed by atoms with Gasteiger partial charge >= 0.3 is 5.69 Å². The molecule has 0 bridgehead atoms. The van der Waals surface area contributed by atoms with Crippen LogP contribution in [0.25, 0.3) is 0 Å². The molecule has 1 aromatic heterocycles. The Labute approximate surface area is 127 Å². The van der Waals surface area contributed by atoms with Crippen molar-refractivity contribution in [1.29, 1.82) is 0 Å². The molecule has 1 aliphatic rings. The van der Waals surface area contributed by atoms with Gasteiger partial charge in [0.05, 0.1) is 0 Å². The van der Waals surface area contributed by atoms with Gasteiger partial charge in [0.25, 0.3) is 5.91 Å². The number of hydrogen-bond acceptors (Lipinski definition) is 4. The van der Waals surface area contributed by atoms with Crippen LogP contribution in [0.5, 0.6) is 0 Å². The summed E-state index contributed by atoms with van der Waals surface area (Å²) in [7, 11) is 2.03. The second kappa shape index (κ2) is 5.67. The minimum Gasteiger partial charge on any atom is -0.372 e. The summed E-state index contributed by atoms with van der Waals surface area (Å²) in [5, 5.41) is 6.01. The van der Waals surface area contributed by atoms with E-state index in [1.54, 1.807) is 4.90 Å². The van der Waals surface area contributed by atoms with Crippen molar-refractivity contribution in [1.82, 2.24) is 20.1 Å². The normalized spacial score (nSPS) is 18.0. The minimum atomic E-state index is -0.469. The molecule has 22 heavy (non-hydrogen) atoms. The van der Waals surface area contributed by atoms with Crippen LogP contribution in [0.15, 0.2) is 29.1 Å². The number of anilines is 1. The maximum atomic E-state index is 12.7. The molecule has 0 spiro atoms. The number of nitrogens with one attached hydrogen (secondary N) is 2. The van der Waals surface area contributed by atoms with Gasteiger partial charge < -0.3 is 9.80 Å². The van der Waals surface area contributed by atoms with Crippen LogP contribution in [-0.2, 0) is 6.54 Å². The highest BCUT2D eigenvalue weighted by molar-refractivity contribution is 5.90. The van der Waals surface area contributed by atoms with Crippen molar-refractivity contribution in [2.24, 2.45) is 0 Å². The molecule has 116 valence electrons. The summed E-state index contributed by atoms with van der Waals surface area (Å²) in [6, 6.07) is 8.12. The number of nitrogens with zero attached hydrogens (tertiary/aromatic N) is 3. The first-order valence-electron chi connectivity index (χ1n) is 7.35.